The molecule has 0 aromatic heterocycles. The summed E-state index contributed by atoms with van der Waals surface area (Å²) >= 11 is 3.24. The van der Waals surface area contributed by atoms with Gasteiger partial charge in [-0.2, -0.15) is 0 Å². The van der Waals surface area contributed by atoms with E-state index in [0.717, 1.165) is 12.0 Å². The van der Waals surface area contributed by atoms with Crippen LogP contribution in [0.5, 0.6) is 0 Å². The molecule has 1 aromatic carbocycles. The lowest BCUT2D eigenvalue weighted by atomic mass is 9.96. The van der Waals surface area contributed by atoms with E-state index in [-0.39, 0.29) is 11.7 Å². The van der Waals surface area contributed by atoms with E-state index in [1.807, 2.05) is 19.9 Å². The second kappa shape index (κ2) is 5.61. The number of rotatable bonds is 4. The van der Waals surface area contributed by atoms with Gasteiger partial charge in [-0.1, -0.05) is 36.2 Å². The summed E-state index contributed by atoms with van der Waals surface area (Å²) in [7, 11) is 0. The van der Waals surface area contributed by atoms with Gasteiger partial charge in [-0.25, -0.2) is 4.39 Å². The number of halogens is 2. The summed E-state index contributed by atoms with van der Waals surface area (Å²) in [6.07, 6.45) is 1.03. The molecule has 1 nitrogen and oxygen atoms in total. The first-order valence-corrected chi connectivity index (χ1v) is 5.95. The zero-order chi connectivity index (χ0) is 11.4. The highest BCUT2D eigenvalue weighted by atomic mass is 79.9. The van der Waals surface area contributed by atoms with Gasteiger partial charge in [0.25, 0.3) is 0 Å². The number of aliphatic hydroxyl groups is 1. The van der Waals surface area contributed by atoms with Gasteiger partial charge in [-0.05, 0) is 36.1 Å². The SMILES string of the molecule is CCC(C)C(O)Cc1cc(F)cc(Br)c1. The fraction of sp³-hybridized carbons (Fsp3) is 0.500. The van der Waals surface area contributed by atoms with E-state index in [0.29, 0.717) is 10.9 Å². The van der Waals surface area contributed by atoms with E-state index < -0.39 is 6.10 Å². The quantitative estimate of drug-likeness (QED) is 0.891. The first kappa shape index (κ1) is 12.7. The molecule has 2 unspecified atom stereocenters. The van der Waals surface area contributed by atoms with Crippen molar-refractivity contribution in [3.63, 3.8) is 0 Å². The van der Waals surface area contributed by atoms with Crippen molar-refractivity contribution in [1.82, 2.24) is 0 Å². The minimum absolute atomic E-state index is 0.243. The van der Waals surface area contributed by atoms with Crippen molar-refractivity contribution < 1.29 is 9.50 Å². The highest BCUT2D eigenvalue weighted by Gasteiger charge is 2.13. The summed E-state index contributed by atoms with van der Waals surface area (Å²) in [6, 6.07) is 4.73. The van der Waals surface area contributed by atoms with Crippen LogP contribution in [-0.2, 0) is 6.42 Å². The molecule has 2 atom stereocenters. The van der Waals surface area contributed by atoms with E-state index in [9.17, 15) is 9.50 Å². The molecule has 3 heteroatoms. The first-order chi connectivity index (χ1) is 7.02. The molecule has 1 aromatic rings. The largest absolute Gasteiger partial charge is 0.393 e. The van der Waals surface area contributed by atoms with Gasteiger partial charge in [0.15, 0.2) is 0 Å². The van der Waals surface area contributed by atoms with Crippen molar-refractivity contribution in [2.45, 2.75) is 32.8 Å². The molecule has 1 N–H and O–H groups in total. The summed E-state index contributed by atoms with van der Waals surface area (Å²) in [6.45, 7) is 4.04. The van der Waals surface area contributed by atoms with E-state index in [1.165, 1.54) is 12.1 Å². The van der Waals surface area contributed by atoms with Crippen LogP contribution < -0.4 is 0 Å². The fourth-order valence-corrected chi connectivity index (χ4v) is 1.96. The van der Waals surface area contributed by atoms with Crippen molar-refractivity contribution in [2.75, 3.05) is 0 Å². The maximum absolute atomic E-state index is 13.0. The Labute approximate surface area is 98.4 Å². The monoisotopic (exact) mass is 274 g/mol. The number of hydrogen-bond acceptors (Lipinski definition) is 1. The highest BCUT2D eigenvalue weighted by Crippen LogP contribution is 2.18. The van der Waals surface area contributed by atoms with Crippen LogP contribution in [0, 0.1) is 11.7 Å². The second-order valence-electron chi connectivity index (χ2n) is 3.93. The Morgan fingerprint density at radius 3 is 2.60 bits per heavy atom. The molecule has 0 aliphatic rings. The molecule has 0 radical (unpaired) electrons. The molecule has 1 rings (SSSR count). The molecular weight excluding hydrogens is 259 g/mol. The molecule has 0 saturated carbocycles. The Kier molecular flexibility index (Phi) is 4.74. The smallest absolute Gasteiger partial charge is 0.124 e. The molecule has 0 aliphatic heterocycles. The third-order valence-corrected chi connectivity index (χ3v) is 3.13. The standard InChI is InChI=1S/C12H16BrFO/c1-3-8(2)12(15)6-9-4-10(13)7-11(14)5-9/h4-5,7-8,12,15H,3,6H2,1-2H3. The summed E-state index contributed by atoms with van der Waals surface area (Å²) in [5.41, 5.74) is 0.828. The first-order valence-electron chi connectivity index (χ1n) is 5.16. The number of aliphatic hydroxyl groups excluding tert-OH is 1. The Balaban J connectivity index is 2.72. The van der Waals surface area contributed by atoms with Crippen LogP contribution in [0.25, 0.3) is 0 Å². The Morgan fingerprint density at radius 2 is 2.07 bits per heavy atom. The second-order valence-corrected chi connectivity index (χ2v) is 4.85. The van der Waals surface area contributed by atoms with Gasteiger partial charge >= 0.3 is 0 Å². The fourth-order valence-electron chi connectivity index (χ4n) is 1.44. The van der Waals surface area contributed by atoms with Crippen LogP contribution in [0.2, 0.25) is 0 Å². The van der Waals surface area contributed by atoms with E-state index in [1.54, 1.807) is 0 Å². The van der Waals surface area contributed by atoms with Gasteiger partial charge in [0.05, 0.1) is 6.10 Å². The zero-order valence-corrected chi connectivity index (χ0v) is 10.6. The van der Waals surface area contributed by atoms with Crippen molar-refractivity contribution in [3.8, 4) is 0 Å². The van der Waals surface area contributed by atoms with Crippen molar-refractivity contribution in [3.05, 3.63) is 34.1 Å². The number of benzene rings is 1. The van der Waals surface area contributed by atoms with Crippen molar-refractivity contribution >= 4 is 15.9 Å². The molecule has 0 heterocycles. The lowest BCUT2D eigenvalue weighted by Gasteiger charge is -2.17. The van der Waals surface area contributed by atoms with Crippen molar-refractivity contribution in [2.24, 2.45) is 5.92 Å². The highest BCUT2D eigenvalue weighted by molar-refractivity contribution is 9.10. The van der Waals surface area contributed by atoms with Crippen LogP contribution in [0.3, 0.4) is 0 Å². The maximum Gasteiger partial charge on any atom is 0.124 e. The normalized spacial score (nSPS) is 15.0. The van der Waals surface area contributed by atoms with Crippen LogP contribution in [0.4, 0.5) is 4.39 Å². The molecule has 15 heavy (non-hydrogen) atoms. The molecular formula is C12H16BrFO. The topological polar surface area (TPSA) is 20.2 Å². The van der Waals surface area contributed by atoms with Crippen LogP contribution in [-0.4, -0.2) is 11.2 Å². The van der Waals surface area contributed by atoms with Gasteiger partial charge in [-0.3, -0.25) is 0 Å². The van der Waals surface area contributed by atoms with Gasteiger partial charge in [0.2, 0.25) is 0 Å². The zero-order valence-electron chi connectivity index (χ0n) is 9.00. The van der Waals surface area contributed by atoms with Gasteiger partial charge < -0.3 is 5.11 Å². The summed E-state index contributed by atoms with van der Waals surface area (Å²) in [5.74, 6) is -0.0252. The average molecular weight is 275 g/mol. The van der Waals surface area contributed by atoms with Crippen LogP contribution in [0.1, 0.15) is 25.8 Å². The van der Waals surface area contributed by atoms with Gasteiger partial charge in [0.1, 0.15) is 5.82 Å². The Morgan fingerprint density at radius 1 is 1.40 bits per heavy atom. The Hall–Kier alpha value is -0.410. The molecule has 0 amide bonds. The van der Waals surface area contributed by atoms with Crippen LogP contribution >= 0.6 is 15.9 Å². The minimum atomic E-state index is -0.399. The van der Waals surface area contributed by atoms with Gasteiger partial charge in [-0.15, -0.1) is 0 Å². The summed E-state index contributed by atoms with van der Waals surface area (Å²) in [5, 5.41) is 9.82. The molecule has 0 saturated heterocycles. The molecule has 0 spiro atoms. The number of hydrogen-bond donors (Lipinski definition) is 1. The molecule has 84 valence electrons. The lowest BCUT2D eigenvalue weighted by Crippen LogP contribution is -2.19. The van der Waals surface area contributed by atoms with Crippen LogP contribution in [0.15, 0.2) is 22.7 Å². The Bertz CT molecular complexity index is 307. The lowest BCUT2D eigenvalue weighted by molar-refractivity contribution is 0.115. The van der Waals surface area contributed by atoms with E-state index in [2.05, 4.69) is 15.9 Å². The van der Waals surface area contributed by atoms with E-state index >= 15 is 0 Å². The molecule has 0 bridgehead atoms. The summed E-state index contributed by atoms with van der Waals surface area (Å²) in [4.78, 5) is 0. The predicted octanol–water partition coefficient (Wildman–Crippen LogP) is 3.54. The summed E-state index contributed by atoms with van der Waals surface area (Å²) < 4.78 is 13.8. The van der Waals surface area contributed by atoms with Gasteiger partial charge in [0, 0.05) is 4.47 Å². The average Bonchev–Trinajstić information content (AvgIpc) is 2.14. The van der Waals surface area contributed by atoms with Crippen molar-refractivity contribution in [1.29, 1.82) is 0 Å². The molecule has 0 aliphatic carbocycles. The third-order valence-electron chi connectivity index (χ3n) is 2.67. The van der Waals surface area contributed by atoms with E-state index in [4.69, 9.17) is 0 Å². The molecule has 0 fully saturated rings. The third kappa shape index (κ3) is 3.92. The predicted molar refractivity (Wildman–Crippen MR) is 63.3 cm³/mol. The minimum Gasteiger partial charge on any atom is -0.393 e. The maximum atomic E-state index is 13.0.